The van der Waals surface area contributed by atoms with Gasteiger partial charge in [-0.15, -0.1) is 0 Å². The van der Waals surface area contributed by atoms with Crippen molar-refractivity contribution in [1.29, 1.82) is 0 Å². The minimum atomic E-state index is -1.10. The molecule has 0 aliphatic rings. The molecule has 0 atom stereocenters. The van der Waals surface area contributed by atoms with E-state index in [1.807, 2.05) is 13.0 Å². The molecular formula is C15H15ClN2O3. The van der Waals surface area contributed by atoms with E-state index in [-0.39, 0.29) is 10.6 Å². The average molecular weight is 307 g/mol. The van der Waals surface area contributed by atoms with Gasteiger partial charge in [0.2, 0.25) is 0 Å². The molecule has 5 nitrogen and oxygen atoms in total. The quantitative estimate of drug-likeness (QED) is 0.732. The second-order valence-corrected chi connectivity index (χ2v) is 4.72. The molecule has 0 amide bonds. The van der Waals surface area contributed by atoms with Gasteiger partial charge in [-0.05, 0) is 31.2 Å². The second-order valence-electron chi connectivity index (χ2n) is 4.32. The highest BCUT2D eigenvalue weighted by Crippen LogP contribution is 2.32. The molecule has 2 aromatic rings. The van der Waals surface area contributed by atoms with Gasteiger partial charge in [-0.1, -0.05) is 17.7 Å². The number of carbonyl (C=O) groups is 1. The van der Waals surface area contributed by atoms with Gasteiger partial charge in [0.25, 0.3) is 0 Å². The van der Waals surface area contributed by atoms with Gasteiger partial charge in [0.1, 0.15) is 5.75 Å². The molecule has 0 fully saturated rings. The highest BCUT2D eigenvalue weighted by Gasteiger charge is 2.15. The molecule has 0 saturated carbocycles. The van der Waals surface area contributed by atoms with E-state index in [1.54, 1.807) is 18.2 Å². The summed E-state index contributed by atoms with van der Waals surface area (Å²) in [6.07, 6.45) is 0. The van der Waals surface area contributed by atoms with Crippen LogP contribution in [0.15, 0.2) is 36.4 Å². The molecule has 0 aromatic heterocycles. The number of hydrogen-bond donors (Lipinski definition) is 3. The van der Waals surface area contributed by atoms with Gasteiger partial charge in [0.15, 0.2) is 0 Å². The topological polar surface area (TPSA) is 84.6 Å². The Morgan fingerprint density at radius 1 is 1.38 bits per heavy atom. The first-order chi connectivity index (χ1) is 10.0. The van der Waals surface area contributed by atoms with Crippen molar-refractivity contribution in [2.75, 3.05) is 17.7 Å². The van der Waals surface area contributed by atoms with Crippen LogP contribution in [0.25, 0.3) is 0 Å². The monoisotopic (exact) mass is 306 g/mol. The molecule has 4 N–H and O–H groups in total. The molecule has 2 rings (SSSR count). The van der Waals surface area contributed by atoms with Crippen LogP contribution in [-0.4, -0.2) is 17.7 Å². The highest BCUT2D eigenvalue weighted by molar-refractivity contribution is 6.34. The summed E-state index contributed by atoms with van der Waals surface area (Å²) < 4.78 is 5.40. The number of halogens is 1. The van der Waals surface area contributed by atoms with Crippen LogP contribution in [0.5, 0.6) is 5.75 Å². The number of rotatable bonds is 5. The largest absolute Gasteiger partial charge is 0.494 e. The van der Waals surface area contributed by atoms with Gasteiger partial charge in [-0.25, -0.2) is 4.79 Å². The van der Waals surface area contributed by atoms with Crippen molar-refractivity contribution >= 4 is 34.6 Å². The van der Waals surface area contributed by atoms with Crippen LogP contribution in [0, 0.1) is 0 Å². The third-order valence-electron chi connectivity index (χ3n) is 2.76. The van der Waals surface area contributed by atoms with Gasteiger partial charge in [0, 0.05) is 17.4 Å². The number of nitrogens with two attached hydrogens (primary N) is 1. The maximum absolute atomic E-state index is 11.3. The van der Waals surface area contributed by atoms with E-state index in [9.17, 15) is 9.90 Å². The van der Waals surface area contributed by atoms with Crippen LogP contribution in [-0.2, 0) is 0 Å². The number of aromatic carboxylic acids is 1. The zero-order valence-electron chi connectivity index (χ0n) is 11.4. The number of benzene rings is 2. The zero-order valence-corrected chi connectivity index (χ0v) is 12.1. The van der Waals surface area contributed by atoms with Gasteiger partial charge in [-0.2, -0.15) is 0 Å². The van der Waals surface area contributed by atoms with E-state index in [0.717, 1.165) is 0 Å². The molecule has 21 heavy (non-hydrogen) atoms. The number of nitrogens with one attached hydrogen (secondary N) is 1. The van der Waals surface area contributed by atoms with Crippen molar-refractivity contribution in [3.63, 3.8) is 0 Å². The van der Waals surface area contributed by atoms with Crippen molar-refractivity contribution in [3.8, 4) is 5.75 Å². The smallest absolute Gasteiger partial charge is 0.337 e. The Bertz CT molecular complexity index is 674. The third-order valence-corrected chi connectivity index (χ3v) is 3.06. The predicted molar refractivity (Wildman–Crippen MR) is 83.7 cm³/mol. The van der Waals surface area contributed by atoms with Crippen molar-refractivity contribution in [1.82, 2.24) is 0 Å². The minimum absolute atomic E-state index is 0.0156. The predicted octanol–water partition coefficient (Wildman–Crippen LogP) is 3.76. The van der Waals surface area contributed by atoms with Crippen LogP contribution >= 0.6 is 11.6 Å². The molecule has 0 aliphatic heterocycles. The summed E-state index contributed by atoms with van der Waals surface area (Å²) in [6.45, 7) is 2.44. The Hall–Kier alpha value is -2.40. The fourth-order valence-electron chi connectivity index (χ4n) is 1.90. The lowest BCUT2D eigenvalue weighted by atomic mass is 10.1. The maximum Gasteiger partial charge on any atom is 0.337 e. The summed E-state index contributed by atoms with van der Waals surface area (Å²) in [5.74, 6) is -0.418. The highest BCUT2D eigenvalue weighted by atomic mass is 35.5. The molecule has 0 unspecified atom stereocenters. The summed E-state index contributed by atoms with van der Waals surface area (Å²) in [5.41, 5.74) is 6.91. The summed E-state index contributed by atoms with van der Waals surface area (Å²) >= 11 is 6.09. The fraction of sp³-hybridized carbons (Fsp3) is 0.133. The molecule has 0 radical (unpaired) electrons. The molecule has 0 spiro atoms. The standard InChI is InChI=1S/C15H15ClN2O3/c1-2-21-11-5-3-4-10(8-11)18-14-12(15(19)20)6-9(17)7-13(14)16/h3-8,18H,2,17H2,1H3,(H,19,20). The van der Waals surface area contributed by atoms with Crippen molar-refractivity contribution in [2.24, 2.45) is 0 Å². The Morgan fingerprint density at radius 2 is 2.14 bits per heavy atom. The summed E-state index contributed by atoms with van der Waals surface area (Å²) in [5, 5.41) is 12.5. The molecule has 110 valence electrons. The summed E-state index contributed by atoms with van der Waals surface area (Å²) in [6, 6.07) is 10.0. The van der Waals surface area contributed by atoms with Crippen LogP contribution < -0.4 is 15.8 Å². The maximum atomic E-state index is 11.3. The Kier molecular flexibility index (Phi) is 4.55. The first-order valence-corrected chi connectivity index (χ1v) is 6.71. The SMILES string of the molecule is CCOc1cccc(Nc2c(Cl)cc(N)cc2C(=O)O)c1. The molecular weight excluding hydrogens is 292 g/mol. The van der Waals surface area contributed by atoms with Gasteiger partial charge in [-0.3, -0.25) is 0 Å². The van der Waals surface area contributed by atoms with E-state index in [0.29, 0.717) is 29.4 Å². The lowest BCUT2D eigenvalue weighted by molar-refractivity contribution is 0.0698. The lowest BCUT2D eigenvalue weighted by Crippen LogP contribution is -2.05. The minimum Gasteiger partial charge on any atom is -0.494 e. The molecule has 0 saturated heterocycles. The molecule has 2 aromatic carbocycles. The first kappa shape index (κ1) is 15.0. The van der Waals surface area contributed by atoms with Crippen LogP contribution in [0.1, 0.15) is 17.3 Å². The summed E-state index contributed by atoms with van der Waals surface area (Å²) in [7, 11) is 0. The molecule has 0 aliphatic carbocycles. The number of hydrogen-bond acceptors (Lipinski definition) is 4. The molecule has 6 heteroatoms. The van der Waals surface area contributed by atoms with E-state index in [2.05, 4.69) is 5.32 Å². The number of nitrogen functional groups attached to an aromatic ring is 1. The van der Waals surface area contributed by atoms with Gasteiger partial charge in [0.05, 0.1) is 22.9 Å². The van der Waals surface area contributed by atoms with E-state index < -0.39 is 5.97 Å². The van der Waals surface area contributed by atoms with Crippen molar-refractivity contribution in [3.05, 3.63) is 47.0 Å². The third kappa shape index (κ3) is 3.58. The van der Waals surface area contributed by atoms with Gasteiger partial charge >= 0.3 is 5.97 Å². The van der Waals surface area contributed by atoms with E-state index >= 15 is 0 Å². The normalized spacial score (nSPS) is 10.2. The summed E-state index contributed by atoms with van der Waals surface area (Å²) in [4.78, 5) is 11.3. The van der Waals surface area contributed by atoms with Crippen LogP contribution in [0.4, 0.5) is 17.1 Å². The Labute approximate surface area is 127 Å². The lowest BCUT2D eigenvalue weighted by Gasteiger charge is -2.13. The van der Waals surface area contributed by atoms with E-state index in [4.69, 9.17) is 22.1 Å². The number of ether oxygens (including phenoxy) is 1. The Morgan fingerprint density at radius 3 is 2.81 bits per heavy atom. The average Bonchev–Trinajstić information content (AvgIpc) is 2.42. The molecule has 0 heterocycles. The van der Waals surface area contributed by atoms with Crippen molar-refractivity contribution in [2.45, 2.75) is 6.92 Å². The Balaban J connectivity index is 2.39. The van der Waals surface area contributed by atoms with Crippen LogP contribution in [0.2, 0.25) is 5.02 Å². The zero-order chi connectivity index (χ0) is 15.4. The number of carboxylic acids is 1. The molecule has 0 bridgehead atoms. The fourth-order valence-corrected chi connectivity index (χ4v) is 2.17. The second kappa shape index (κ2) is 6.37. The number of carboxylic acid groups (broad SMARTS) is 1. The van der Waals surface area contributed by atoms with E-state index in [1.165, 1.54) is 12.1 Å². The van der Waals surface area contributed by atoms with Gasteiger partial charge < -0.3 is 20.9 Å². The number of anilines is 3. The van der Waals surface area contributed by atoms with Crippen molar-refractivity contribution < 1.29 is 14.6 Å². The first-order valence-electron chi connectivity index (χ1n) is 6.33. The van der Waals surface area contributed by atoms with Crippen LogP contribution in [0.3, 0.4) is 0 Å².